The Bertz CT molecular complexity index is 1630. The Kier molecular flexibility index (Phi) is 7.97. The highest BCUT2D eigenvalue weighted by atomic mass is 32.1. The smallest absolute Gasteiger partial charge is 0.349 e. The van der Waals surface area contributed by atoms with Crippen molar-refractivity contribution >= 4 is 51.8 Å². The fourth-order valence-corrected chi connectivity index (χ4v) is 6.23. The van der Waals surface area contributed by atoms with Gasteiger partial charge in [-0.2, -0.15) is 5.26 Å². The van der Waals surface area contributed by atoms with Crippen LogP contribution >= 0.6 is 22.7 Å². The van der Waals surface area contributed by atoms with Gasteiger partial charge < -0.3 is 9.64 Å². The molecule has 0 aliphatic rings. The summed E-state index contributed by atoms with van der Waals surface area (Å²) in [6, 6.07) is 39.5. The standard InChI is InChI=1S/C34H28N2O2S2/c1-34(2,3)38-33(37)25(23-35)22-29-18-19-31(39-29)32-21-20-30(40-32)24-14-16-28(17-15-24)36(26-10-6-4-7-11-26)27-12-8-5-9-13-27/h4-22H,1-3H3/b25-22+. The Hall–Kier alpha value is -4.44. The Morgan fingerprint density at radius 2 is 1.25 bits per heavy atom. The topological polar surface area (TPSA) is 53.3 Å². The van der Waals surface area contributed by atoms with E-state index in [1.165, 1.54) is 4.88 Å². The van der Waals surface area contributed by atoms with Crippen LogP contribution in [0.2, 0.25) is 0 Å². The van der Waals surface area contributed by atoms with Gasteiger partial charge >= 0.3 is 5.97 Å². The lowest BCUT2D eigenvalue weighted by atomic mass is 10.1. The Balaban J connectivity index is 1.37. The molecule has 0 N–H and O–H groups in total. The highest BCUT2D eigenvalue weighted by molar-refractivity contribution is 7.24. The molecule has 0 aliphatic carbocycles. The van der Waals surface area contributed by atoms with Crippen molar-refractivity contribution in [1.29, 1.82) is 5.26 Å². The number of hydrogen-bond acceptors (Lipinski definition) is 6. The van der Waals surface area contributed by atoms with Crippen molar-refractivity contribution in [3.05, 3.63) is 120 Å². The maximum atomic E-state index is 12.3. The van der Waals surface area contributed by atoms with E-state index in [0.717, 1.165) is 37.3 Å². The molecular formula is C34H28N2O2S2. The molecule has 6 heteroatoms. The molecule has 0 saturated carbocycles. The summed E-state index contributed by atoms with van der Waals surface area (Å²) in [4.78, 5) is 18.8. The normalized spacial score (nSPS) is 11.6. The van der Waals surface area contributed by atoms with E-state index in [9.17, 15) is 10.1 Å². The number of nitriles is 1. The quantitative estimate of drug-likeness (QED) is 0.113. The van der Waals surface area contributed by atoms with Gasteiger partial charge in [-0.3, -0.25) is 0 Å². The van der Waals surface area contributed by atoms with Gasteiger partial charge in [0.2, 0.25) is 0 Å². The molecule has 3 aromatic carbocycles. The van der Waals surface area contributed by atoms with Crippen molar-refractivity contribution in [1.82, 2.24) is 0 Å². The molecule has 40 heavy (non-hydrogen) atoms. The lowest BCUT2D eigenvalue weighted by molar-refractivity contribution is -0.149. The number of nitrogens with zero attached hydrogens (tertiary/aromatic N) is 2. The van der Waals surface area contributed by atoms with Gasteiger partial charge in [-0.15, -0.1) is 22.7 Å². The number of para-hydroxylation sites is 2. The number of thiophene rings is 2. The van der Waals surface area contributed by atoms with E-state index in [0.29, 0.717) is 0 Å². The van der Waals surface area contributed by atoms with E-state index in [1.54, 1.807) is 49.5 Å². The van der Waals surface area contributed by atoms with Crippen LogP contribution in [-0.2, 0) is 9.53 Å². The number of carbonyl (C=O) groups excluding carboxylic acids is 1. The first-order valence-corrected chi connectivity index (χ1v) is 14.5. The fraction of sp³-hybridized carbons (Fsp3) is 0.118. The van der Waals surface area contributed by atoms with Crippen LogP contribution in [-0.4, -0.2) is 11.6 Å². The lowest BCUT2D eigenvalue weighted by Crippen LogP contribution is -2.24. The van der Waals surface area contributed by atoms with E-state index >= 15 is 0 Å². The van der Waals surface area contributed by atoms with Crippen molar-refractivity contribution in [3.8, 4) is 26.3 Å². The molecule has 0 saturated heterocycles. The second-order valence-corrected chi connectivity index (χ2v) is 12.3. The molecule has 0 amide bonds. The van der Waals surface area contributed by atoms with Crippen molar-refractivity contribution in [3.63, 3.8) is 0 Å². The largest absolute Gasteiger partial charge is 0.456 e. The maximum absolute atomic E-state index is 12.3. The van der Waals surface area contributed by atoms with Crippen molar-refractivity contribution < 1.29 is 9.53 Å². The van der Waals surface area contributed by atoms with Gasteiger partial charge in [0.05, 0.1) is 0 Å². The first-order valence-electron chi connectivity index (χ1n) is 12.9. The van der Waals surface area contributed by atoms with E-state index in [1.807, 2.05) is 30.3 Å². The molecule has 0 radical (unpaired) electrons. The zero-order valence-electron chi connectivity index (χ0n) is 22.5. The van der Waals surface area contributed by atoms with Crippen molar-refractivity contribution in [2.24, 2.45) is 0 Å². The molecule has 0 atom stereocenters. The summed E-state index contributed by atoms with van der Waals surface area (Å²) < 4.78 is 5.35. The van der Waals surface area contributed by atoms with Crippen LogP contribution in [0.25, 0.3) is 26.3 Å². The number of esters is 1. The van der Waals surface area contributed by atoms with Crippen molar-refractivity contribution in [2.75, 3.05) is 4.90 Å². The number of carbonyl (C=O) groups is 1. The highest BCUT2D eigenvalue weighted by Crippen LogP contribution is 2.40. The minimum atomic E-state index is -0.652. The monoisotopic (exact) mass is 560 g/mol. The maximum Gasteiger partial charge on any atom is 0.349 e. The molecule has 0 fully saturated rings. The number of ether oxygens (including phenoxy) is 1. The van der Waals surface area contributed by atoms with Crippen LogP contribution < -0.4 is 4.90 Å². The van der Waals surface area contributed by atoms with E-state index in [-0.39, 0.29) is 5.57 Å². The lowest BCUT2D eigenvalue weighted by Gasteiger charge is -2.25. The Morgan fingerprint density at radius 3 is 1.82 bits per heavy atom. The zero-order chi connectivity index (χ0) is 28.1. The van der Waals surface area contributed by atoms with Gasteiger partial charge in [0.25, 0.3) is 0 Å². The molecule has 2 heterocycles. The highest BCUT2D eigenvalue weighted by Gasteiger charge is 2.20. The molecule has 4 nitrogen and oxygen atoms in total. The number of benzene rings is 3. The van der Waals surface area contributed by atoms with Crippen LogP contribution in [0.15, 0.2) is 115 Å². The molecule has 5 aromatic rings. The second kappa shape index (κ2) is 11.7. The molecule has 0 spiro atoms. The van der Waals surface area contributed by atoms with Crippen LogP contribution in [0.5, 0.6) is 0 Å². The average Bonchev–Trinajstić information content (AvgIpc) is 3.63. The van der Waals surface area contributed by atoms with E-state index in [4.69, 9.17) is 4.74 Å². The van der Waals surface area contributed by atoms with Gasteiger partial charge in [0, 0.05) is 36.6 Å². The van der Waals surface area contributed by atoms with Crippen LogP contribution in [0.4, 0.5) is 17.1 Å². The van der Waals surface area contributed by atoms with Gasteiger partial charge in [-0.1, -0.05) is 48.5 Å². The summed E-state index contributed by atoms with van der Waals surface area (Å²) in [5.74, 6) is -0.607. The summed E-state index contributed by atoms with van der Waals surface area (Å²) in [5.41, 5.74) is 3.79. The molecule has 0 aliphatic heterocycles. The van der Waals surface area contributed by atoms with Crippen LogP contribution in [0, 0.1) is 11.3 Å². The summed E-state index contributed by atoms with van der Waals surface area (Å²) in [7, 11) is 0. The third-order valence-corrected chi connectivity index (χ3v) is 8.30. The van der Waals surface area contributed by atoms with Gasteiger partial charge in [-0.05, 0) is 93.1 Å². The minimum Gasteiger partial charge on any atom is -0.456 e. The number of anilines is 3. The number of rotatable bonds is 7. The second-order valence-electron chi connectivity index (χ2n) is 10.1. The first-order chi connectivity index (χ1) is 19.3. The SMILES string of the molecule is CC(C)(C)OC(=O)/C(C#N)=C/c1ccc(-c2ccc(-c3ccc(N(c4ccccc4)c4ccccc4)cc3)s2)s1. The molecule has 2 aromatic heterocycles. The first kappa shape index (κ1) is 27.1. The van der Waals surface area contributed by atoms with Crippen LogP contribution in [0.1, 0.15) is 25.6 Å². The number of hydrogen-bond donors (Lipinski definition) is 0. The average molecular weight is 561 g/mol. The Morgan fingerprint density at radius 1 is 0.725 bits per heavy atom. The third-order valence-electron chi connectivity index (χ3n) is 5.94. The van der Waals surface area contributed by atoms with Crippen molar-refractivity contribution in [2.45, 2.75) is 26.4 Å². The van der Waals surface area contributed by atoms with Gasteiger partial charge in [-0.25, -0.2) is 4.79 Å². The minimum absolute atomic E-state index is 0.00432. The zero-order valence-corrected chi connectivity index (χ0v) is 24.1. The van der Waals surface area contributed by atoms with Gasteiger partial charge in [0.1, 0.15) is 17.2 Å². The van der Waals surface area contributed by atoms with E-state index in [2.05, 4.69) is 89.8 Å². The molecule has 0 bridgehead atoms. The summed E-state index contributed by atoms with van der Waals surface area (Å²) in [6.07, 6.45) is 1.60. The molecule has 0 unspecified atom stereocenters. The van der Waals surface area contributed by atoms with E-state index < -0.39 is 11.6 Å². The summed E-state index contributed by atoms with van der Waals surface area (Å²) >= 11 is 3.26. The van der Waals surface area contributed by atoms with Gasteiger partial charge in [0.15, 0.2) is 0 Å². The molecule has 5 rings (SSSR count). The molecule has 198 valence electrons. The third kappa shape index (κ3) is 6.40. The predicted molar refractivity (Wildman–Crippen MR) is 167 cm³/mol. The molecular weight excluding hydrogens is 533 g/mol. The predicted octanol–water partition coefficient (Wildman–Crippen LogP) is 9.86. The summed E-state index contributed by atoms with van der Waals surface area (Å²) in [6.45, 7) is 5.36. The Labute approximate surface area is 243 Å². The summed E-state index contributed by atoms with van der Waals surface area (Å²) in [5, 5.41) is 9.48. The fourth-order valence-electron chi connectivity index (χ4n) is 4.18. The van der Waals surface area contributed by atoms with Crippen LogP contribution in [0.3, 0.4) is 0 Å².